The lowest BCUT2D eigenvalue weighted by molar-refractivity contribution is 1.05. The molecule has 2 aromatic heterocycles. The first kappa shape index (κ1) is 6.40. The third kappa shape index (κ3) is 0.909. The molecule has 0 aliphatic carbocycles. The fourth-order valence-electron chi connectivity index (χ4n) is 1.31. The zero-order chi connectivity index (χ0) is 7.84. The molecule has 0 saturated carbocycles. The zero-order valence-electron chi connectivity index (χ0n) is 6.70. The van der Waals surface area contributed by atoms with E-state index < -0.39 is 0 Å². The van der Waals surface area contributed by atoms with E-state index in [9.17, 15) is 0 Å². The Kier molecular flexibility index (Phi) is 1.22. The summed E-state index contributed by atoms with van der Waals surface area (Å²) in [6, 6.07) is 2.12. The van der Waals surface area contributed by atoms with Crippen LogP contribution in [-0.4, -0.2) is 9.38 Å². The van der Waals surface area contributed by atoms with Crippen LogP contribution < -0.4 is 0 Å². The second-order valence-corrected chi connectivity index (χ2v) is 2.86. The van der Waals surface area contributed by atoms with E-state index in [1.165, 1.54) is 16.8 Å². The van der Waals surface area contributed by atoms with Crippen LogP contribution >= 0.6 is 0 Å². The summed E-state index contributed by atoms with van der Waals surface area (Å²) in [4.78, 5) is 4.10. The van der Waals surface area contributed by atoms with E-state index in [1.807, 2.05) is 12.4 Å². The highest BCUT2D eigenvalue weighted by Gasteiger charge is 1.96. The topological polar surface area (TPSA) is 17.3 Å². The molecule has 11 heavy (non-hydrogen) atoms. The highest BCUT2D eigenvalue weighted by atomic mass is 14.9. The first-order chi connectivity index (χ1) is 5.27. The molecule has 2 rings (SSSR count). The first-order valence-corrected chi connectivity index (χ1v) is 3.67. The number of fused-ring (bicyclic) bond motifs is 1. The Labute approximate surface area is 65.5 Å². The van der Waals surface area contributed by atoms with Gasteiger partial charge in [0.2, 0.25) is 0 Å². The van der Waals surface area contributed by atoms with Gasteiger partial charge in [-0.05, 0) is 25.5 Å². The van der Waals surface area contributed by atoms with Gasteiger partial charge in [0.05, 0.1) is 11.7 Å². The average molecular weight is 146 g/mol. The molecule has 0 N–H and O–H groups in total. The van der Waals surface area contributed by atoms with Crippen LogP contribution in [-0.2, 0) is 0 Å². The van der Waals surface area contributed by atoms with Gasteiger partial charge in [-0.3, -0.25) is 4.98 Å². The quantitative estimate of drug-likeness (QED) is 0.555. The van der Waals surface area contributed by atoms with Gasteiger partial charge in [-0.25, -0.2) is 0 Å². The van der Waals surface area contributed by atoms with Crippen molar-refractivity contribution in [3.63, 3.8) is 0 Å². The van der Waals surface area contributed by atoms with Crippen molar-refractivity contribution in [2.75, 3.05) is 0 Å². The number of aromatic nitrogens is 2. The van der Waals surface area contributed by atoms with Gasteiger partial charge in [-0.2, -0.15) is 0 Å². The van der Waals surface area contributed by atoms with Crippen LogP contribution in [0.2, 0.25) is 0 Å². The summed E-state index contributed by atoms with van der Waals surface area (Å²) in [5.74, 6) is 0. The molecule has 0 unspecified atom stereocenters. The van der Waals surface area contributed by atoms with Gasteiger partial charge in [0.25, 0.3) is 0 Å². The van der Waals surface area contributed by atoms with Gasteiger partial charge in [0.15, 0.2) is 0 Å². The van der Waals surface area contributed by atoms with Gasteiger partial charge in [0.1, 0.15) is 0 Å². The maximum atomic E-state index is 4.10. The maximum Gasteiger partial charge on any atom is 0.0639 e. The predicted molar refractivity (Wildman–Crippen MR) is 44.7 cm³/mol. The van der Waals surface area contributed by atoms with Gasteiger partial charge in [-0.1, -0.05) is 0 Å². The molecule has 0 bridgehead atoms. The second-order valence-electron chi connectivity index (χ2n) is 2.86. The third-order valence-corrected chi connectivity index (χ3v) is 1.83. The van der Waals surface area contributed by atoms with Crippen molar-refractivity contribution < 1.29 is 0 Å². The standard InChI is InChI=1S/C9H10N2/c1-7-3-9-5-10-4-8(2)11(9)6-7/h3-6H,1-2H3. The molecule has 0 amide bonds. The van der Waals surface area contributed by atoms with Crippen LogP contribution in [0.5, 0.6) is 0 Å². The molecule has 2 aromatic rings. The molecule has 2 heterocycles. The Morgan fingerprint density at radius 1 is 1.27 bits per heavy atom. The van der Waals surface area contributed by atoms with Crippen molar-refractivity contribution in [1.82, 2.24) is 9.38 Å². The Morgan fingerprint density at radius 2 is 2.09 bits per heavy atom. The number of hydrogen-bond acceptors (Lipinski definition) is 1. The molecule has 0 radical (unpaired) electrons. The molecule has 0 spiro atoms. The minimum Gasteiger partial charge on any atom is -0.318 e. The minimum atomic E-state index is 1.17. The van der Waals surface area contributed by atoms with E-state index in [1.54, 1.807) is 0 Å². The Balaban J connectivity index is 2.90. The Morgan fingerprint density at radius 3 is 2.82 bits per heavy atom. The molecule has 0 saturated heterocycles. The van der Waals surface area contributed by atoms with Crippen molar-refractivity contribution in [3.8, 4) is 0 Å². The average Bonchev–Trinajstić information content (AvgIpc) is 2.31. The molecule has 0 fully saturated rings. The van der Waals surface area contributed by atoms with E-state index in [0.717, 1.165) is 0 Å². The molecule has 0 aliphatic rings. The highest BCUT2D eigenvalue weighted by molar-refractivity contribution is 5.48. The van der Waals surface area contributed by atoms with E-state index in [2.05, 4.69) is 35.5 Å². The molecule has 2 heteroatoms. The summed E-state index contributed by atoms with van der Waals surface area (Å²) in [5, 5.41) is 0. The summed E-state index contributed by atoms with van der Waals surface area (Å²) >= 11 is 0. The smallest absolute Gasteiger partial charge is 0.0639 e. The molecule has 0 aliphatic heterocycles. The maximum absolute atomic E-state index is 4.10. The molecule has 0 atom stereocenters. The van der Waals surface area contributed by atoms with Crippen LogP contribution in [0.25, 0.3) is 5.52 Å². The van der Waals surface area contributed by atoms with E-state index in [0.29, 0.717) is 0 Å². The molecule has 56 valence electrons. The molecular formula is C9H10N2. The van der Waals surface area contributed by atoms with Crippen molar-refractivity contribution >= 4 is 5.52 Å². The summed E-state index contributed by atoms with van der Waals surface area (Å²) in [5.41, 5.74) is 3.62. The molecule has 2 nitrogen and oxygen atoms in total. The van der Waals surface area contributed by atoms with Crippen molar-refractivity contribution in [2.24, 2.45) is 0 Å². The van der Waals surface area contributed by atoms with Gasteiger partial charge < -0.3 is 4.40 Å². The van der Waals surface area contributed by atoms with Crippen LogP contribution in [0.4, 0.5) is 0 Å². The summed E-state index contributed by atoms with van der Waals surface area (Å²) < 4.78 is 2.14. The second kappa shape index (κ2) is 2.09. The normalized spacial score (nSPS) is 10.7. The van der Waals surface area contributed by atoms with Crippen LogP contribution in [0.1, 0.15) is 11.3 Å². The van der Waals surface area contributed by atoms with E-state index >= 15 is 0 Å². The highest BCUT2D eigenvalue weighted by Crippen LogP contribution is 2.09. The van der Waals surface area contributed by atoms with Crippen molar-refractivity contribution in [3.05, 3.63) is 35.9 Å². The fraction of sp³-hybridized carbons (Fsp3) is 0.222. The SMILES string of the molecule is Cc1cc2cncc(C)n2c1. The largest absolute Gasteiger partial charge is 0.318 e. The van der Waals surface area contributed by atoms with Crippen LogP contribution in [0, 0.1) is 13.8 Å². The zero-order valence-corrected chi connectivity index (χ0v) is 6.70. The summed E-state index contributed by atoms with van der Waals surface area (Å²) in [7, 11) is 0. The van der Waals surface area contributed by atoms with Crippen molar-refractivity contribution in [1.29, 1.82) is 0 Å². The summed E-state index contributed by atoms with van der Waals surface area (Å²) in [6.07, 6.45) is 5.86. The van der Waals surface area contributed by atoms with Gasteiger partial charge in [0, 0.05) is 18.1 Å². The van der Waals surface area contributed by atoms with Crippen LogP contribution in [0.15, 0.2) is 24.7 Å². The van der Waals surface area contributed by atoms with E-state index in [-0.39, 0.29) is 0 Å². The summed E-state index contributed by atoms with van der Waals surface area (Å²) in [6.45, 7) is 4.14. The fourth-order valence-corrected chi connectivity index (χ4v) is 1.31. The Hall–Kier alpha value is -1.31. The Bertz CT molecular complexity index is 387. The monoisotopic (exact) mass is 146 g/mol. The number of hydrogen-bond donors (Lipinski definition) is 0. The van der Waals surface area contributed by atoms with E-state index in [4.69, 9.17) is 0 Å². The third-order valence-electron chi connectivity index (χ3n) is 1.83. The minimum absolute atomic E-state index is 1.17. The predicted octanol–water partition coefficient (Wildman–Crippen LogP) is 1.95. The number of nitrogens with zero attached hydrogens (tertiary/aromatic N) is 2. The van der Waals surface area contributed by atoms with Gasteiger partial charge >= 0.3 is 0 Å². The first-order valence-electron chi connectivity index (χ1n) is 3.67. The lowest BCUT2D eigenvalue weighted by Gasteiger charge is -1.96. The molecular weight excluding hydrogens is 136 g/mol. The van der Waals surface area contributed by atoms with Crippen molar-refractivity contribution in [2.45, 2.75) is 13.8 Å². The number of aryl methyl sites for hydroxylation is 2. The van der Waals surface area contributed by atoms with Gasteiger partial charge in [-0.15, -0.1) is 0 Å². The van der Waals surface area contributed by atoms with Crippen LogP contribution in [0.3, 0.4) is 0 Å². The number of rotatable bonds is 0. The lowest BCUT2D eigenvalue weighted by atomic mass is 10.4. The lowest BCUT2D eigenvalue weighted by Crippen LogP contribution is -1.88. The molecule has 0 aromatic carbocycles.